The van der Waals surface area contributed by atoms with Crippen LogP contribution in [0.3, 0.4) is 0 Å². The maximum Gasteiger partial charge on any atom is 0.223 e. The number of ketones is 1. The molecule has 0 aromatic rings. The van der Waals surface area contributed by atoms with Gasteiger partial charge < -0.3 is 15.4 Å². The van der Waals surface area contributed by atoms with E-state index in [2.05, 4.69) is 52.2 Å². The molecule has 0 aliphatic carbocycles. The number of carbonyl (C=O) groups excluding carboxylic acids is 3. The molecule has 6 heteroatoms. The number of carbonyl (C=O) groups is 3. The number of nitrogens with one attached hydrogen (secondary N) is 2. The number of ether oxygens (including phenoxy) is 1. The fourth-order valence-corrected chi connectivity index (χ4v) is 5.62. The maximum absolute atomic E-state index is 13.8. The van der Waals surface area contributed by atoms with E-state index in [0.29, 0.717) is 19.5 Å². The highest BCUT2D eigenvalue weighted by Gasteiger charge is 2.43. The van der Waals surface area contributed by atoms with Crippen LogP contribution in [0, 0.1) is 17.8 Å². The summed E-state index contributed by atoms with van der Waals surface area (Å²) in [4.78, 5) is 40.1. The van der Waals surface area contributed by atoms with E-state index in [0.717, 1.165) is 62.7 Å². The molecule has 2 amide bonds. The number of unbranched alkanes of at least 4 members (excludes halogenated alkanes) is 10. The van der Waals surface area contributed by atoms with Gasteiger partial charge in [-0.25, -0.2) is 0 Å². The van der Waals surface area contributed by atoms with Gasteiger partial charge in [-0.2, -0.15) is 0 Å². The second-order valence-corrected chi connectivity index (χ2v) is 14.5. The van der Waals surface area contributed by atoms with Crippen molar-refractivity contribution in [3.05, 3.63) is 0 Å². The van der Waals surface area contributed by atoms with Gasteiger partial charge in [0.05, 0.1) is 18.9 Å². The lowest BCUT2D eigenvalue weighted by Crippen LogP contribution is -2.50. The SMILES string of the molecule is CC(C)CCCCCCCC(=O)C(CC(=O)NCCCCCCC(C)C)(CC(=O)NCCCCCCC(C)C)OC(C)C. The minimum Gasteiger partial charge on any atom is -0.363 e. The summed E-state index contributed by atoms with van der Waals surface area (Å²) in [6, 6.07) is 0. The maximum atomic E-state index is 13.8. The molecule has 43 heavy (non-hydrogen) atoms. The normalized spacial score (nSPS) is 12.1. The van der Waals surface area contributed by atoms with E-state index in [4.69, 9.17) is 4.74 Å². The van der Waals surface area contributed by atoms with Crippen LogP contribution in [0.25, 0.3) is 0 Å². The quantitative estimate of drug-likeness (QED) is 0.0829. The van der Waals surface area contributed by atoms with E-state index in [1.807, 2.05) is 13.8 Å². The van der Waals surface area contributed by atoms with E-state index in [-0.39, 0.29) is 36.5 Å². The van der Waals surface area contributed by atoms with Crippen molar-refractivity contribution < 1.29 is 19.1 Å². The van der Waals surface area contributed by atoms with Gasteiger partial charge in [0, 0.05) is 19.5 Å². The van der Waals surface area contributed by atoms with Crippen LogP contribution < -0.4 is 10.6 Å². The Labute approximate surface area is 267 Å². The second kappa shape index (κ2) is 25.9. The lowest BCUT2D eigenvalue weighted by Gasteiger charge is -2.33. The Balaban J connectivity index is 5.14. The predicted octanol–water partition coefficient (Wildman–Crippen LogP) is 9.33. The van der Waals surface area contributed by atoms with Crippen LogP contribution in [0.2, 0.25) is 0 Å². The van der Waals surface area contributed by atoms with Crippen molar-refractivity contribution in [1.29, 1.82) is 0 Å². The topological polar surface area (TPSA) is 84.5 Å². The van der Waals surface area contributed by atoms with Gasteiger partial charge in [-0.1, -0.05) is 125 Å². The average molecular weight is 609 g/mol. The minimum absolute atomic E-state index is 0.103. The molecule has 0 aromatic heterocycles. The molecule has 0 aliphatic rings. The summed E-state index contributed by atoms with van der Waals surface area (Å²) in [6.07, 6.45) is 17.6. The molecule has 0 saturated heterocycles. The molecule has 6 nitrogen and oxygen atoms in total. The molecule has 0 aromatic carbocycles. The van der Waals surface area contributed by atoms with Gasteiger partial charge in [-0.15, -0.1) is 0 Å². The second-order valence-electron chi connectivity index (χ2n) is 14.5. The molecule has 0 rings (SSSR count). The summed E-state index contributed by atoms with van der Waals surface area (Å²) in [5.41, 5.74) is -1.42. The van der Waals surface area contributed by atoms with Crippen LogP contribution in [0.5, 0.6) is 0 Å². The predicted molar refractivity (Wildman–Crippen MR) is 182 cm³/mol. The van der Waals surface area contributed by atoms with Crippen LogP contribution in [0.4, 0.5) is 0 Å². The van der Waals surface area contributed by atoms with Crippen LogP contribution in [0.1, 0.15) is 177 Å². The summed E-state index contributed by atoms with van der Waals surface area (Å²) in [5.74, 6) is 1.65. The van der Waals surface area contributed by atoms with Crippen LogP contribution in [-0.4, -0.2) is 42.4 Å². The molecule has 0 aliphatic heterocycles. The summed E-state index contributed by atoms with van der Waals surface area (Å²) in [5, 5.41) is 6.03. The molecule has 0 atom stereocenters. The molecule has 0 radical (unpaired) electrons. The van der Waals surface area contributed by atoms with Crippen LogP contribution in [-0.2, 0) is 19.1 Å². The molecule has 0 saturated carbocycles. The Morgan fingerprint density at radius 1 is 0.512 bits per heavy atom. The molecular weight excluding hydrogens is 536 g/mol. The first-order valence-electron chi connectivity index (χ1n) is 18.1. The Hall–Kier alpha value is -1.43. The van der Waals surface area contributed by atoms with Gasteiger partial charge in [-0.3, -0.25) is 14.4 Å². The molecule has 0 unspecified atom stereocenters. The van der Waals surface area contributed by atoms with E-state index >= 15 is 0 Å². The zero-order valence-corrected chi connectivity index (χ0v) is 29.8. The van der Waals surface area contributed by atoms with E-state index < -0.39 is 5.60 Å². The van der Waals surface area contributed by atoms with Gasteiger partial charge in [0.2, 0.25) is 11.8 Å². The Bertz CT molecular complexity index is 681. The monoisotopic (exact) mass is 609 g/mol. The first kappa shape index (κ1) is 41.6. The lowest BCUT2D eigenvalue weighted by molar-refractivity contribution is -0.161. The van der Waals surface area contributed by atoms with Crippen molar-refractivity contribution in [1.82, 2.24) is 10.6 Å². The summed E-state index contributed by atoms with van der Waals surface area (Å²) < 4.78 is 6.26. The fraction of sp³-hybridized carbons (Fsp3) is 0.919. The third-order valence-electron chi connectivity index (χ3n) is 8.11. The molecule has 0 heterocycles. The first-order valence-corrected chi connectivity index (χ1v) is 18.1. The van der Waals surface area contributed by atoms with Crippen molar-refractivity contribution in [2.75, 3.05) is 13.1 Å². The van der Waals surface area contributed by atoms with Crippen molar-refractivity contribution in [2.24, 2.45) is 17.8 Å². The fourth-order valence-electron chi connectivity index (χ4n) is 5.62. The number of rotatable bonds is 29. The molecule has 0 bridgehead atoms. The van der Waals surface area contributed by atoms with Crippen molar-refractivity contribution in [2.45, 2.75) is 189 Å². The standard InChI is InChI=1S/C37H72N2O4/c1-30(2)22-16-10-9-11-19-25-34(40)37(43-33(7)8,28-35(41)38-26-20-14-12-17-23-31(3)4)29-36(42)39-27-21-15-13-18-24-32(5)6/h30-33H,9-29H2,1-8H3,(H,38,41)(H,39,42). The van der Waals surface area contributed by atoms with E-state index in [1.165, 1.54) is 57.8 Å². The van der Waals surface area contributed by atoms with E-state index in [9.17, 15) is 14.4 Å². The highest BCUT2D eigenvalue weighted by atomic mass is 16.5. The highest BCUT2D eigenvalue weighted by Crippen LogP contribution is 2.28. The minimum atomic E-state index is -1.42. The van der Waals surface area contributed by atoms with Crippen LogP contribution in [0.15, 0.2) is 0 Å². The zero-order chi connectivity index (χ0) is 32.5. The smallest absolute Gasteiger partial charge is 0.223 e. The zero-order valence-electron chi connectivity index (χ0n) is 29.8. The van der Waals surface area contributed by atoms with Gasteiger partial charge >= 0.3 is 0 Å². The molecule has 0 fully saturated rings. The molecule has 254 valence electrons. The number of Topliss-reactive ketones (excluding diaryl/α,β-unsaturated/α-hetero) is 1. The van der Waals surface area contributed by atoms with Gasteiger partial charge in [-0.05, 0) is 50.9 Å². The van der Waals surface area contributed by atoms with E-state index in [1.54, 1.807) is 0 Å². The summed E-state index contributed by atoms with van der Waals surface area (Å²) >= 11 is 0. The Morgan fingerprint density at radius 3 is 1.23 bits per heavy atom. The largest absolute Gasteiger partial charge is 0.363 e. The number of hydrogen-bond donors (Lipinski definition) is 2. The average Bonchev–Trinajstić information content (AvgIpc) is 2.90. The third kappa shape index (κ3) is 24.6. The van der Waals surface area contributed by atoms with Crippen molar-refractivity contribution >= 4 is 17.6 Å². The highest BCUT2D eigenvalue weighted by molar-refractivity contribution is 5.96. The van der Waals surface area contributed by atoms with Gasteiger partial charge in [0.1, 0.15) is 5.60 Å². The lowest BCUT2D eigenvalue weighted by atomic mass is 9.86. The van der Waals surface area contributed by atoms with Gasteiger partial charge in [0.25, 0.3) is 0 Å². The summed E-state index contributed by atoms with van der Waals surface area (Å²) in [6.45, 7) is 18.4. The molecule has 2 N–H and O–H groups in total. The van der Waals surface area contributed by atoms with Crippen LogP contribution >= 0.6 is 0 Å². The summed E-state index contributed by atoms with van der Waals surface area (Å²) in [7, 11) is 0. The molecular formula is C37H72N2O4. The van der Waals surface area contributed by atoms with Crippen molar-refractivity contribution in [3.63, 3.8) is 0 Å². The number of hydrogen-bond acceptors (Lipinski definition) is 4. The van der Waals surface area contributed by atoms with Gasteiger partial charge in [0.15, 0.2) is 5.78 Å². The first-order chi connectivity index (χ1) is 20.4. The molecule has 0 spiro atoms. The van der Waals surface area contributed by atoms with Crippen molar-refractivity contribution in [3.8, 4) is 0 Å². The number of amides is 2. The Morgan fingerprint density at radius 2 is 0.860 bits per heavy atom. The third-order valence-corrected chi connectivity index (χ3v) is 8.11. The Kier molecular flexibility index (Phi) is 25.0.